The second-order valence-corrected chi connectivity index (χ2v) is 6.43. The minimum absolute atomic E-state index is 0. The van der Waals surface area contributed by atoms with E-state index >= 15 is 0 Å². The number of methoxy groups -OCH3 is 1. The molecular formula is C17H25ClN2O2. The number of carbonyl (C=O) groups excluding carboxylic acids is 1. The number of rotatable bonds is 4. The van der Waals surface area contributed by atoms with Crippen LogP contribution in [0.25, 0.3) is 0 Å². The molecule has 2 atom stereocenters. The predicted molar refractivity (Wildman–Crippen MR) is 90.9 cm³/mol. The lowest BCUT2D eigenvalue weighted by Gasteiger charge is -2.28. The fraction of sp³-hybridized carbons (Fsp3) is 0.588. The molecule has 1 aromatic rings. The van der Waals surface area contributed by atoms with E-state index in [0.717, 1.165) is 29.8 Å². The number of nitrogens with one attached hydrogen (secondary N) is 2. The van der Waals surface area contributed by atoms with Crippen LogP contribution in [0.2, 0.25) is 0 Å². The monoisotopic (exact) mass is 324 g/mol. The van der Waals surface area contributed by atoms with Crippen molar-refractivity contribution in [2.45, 2.75) is 51.1 Å². The van der Waals surface area contributed by atoms with Crippen LogP contribution in [0.3, 0.4) is 0 Å². The molecule has 2 bridgehead atoms. The number of hydrogen-bond acceptors (Lipinski definition) is 3. The molecule has 1 aromatic carbocycles. The molecule has 4 nitrogen and oxygen atoms in total. The van der Waals surface area contributed by atoms with E-state index in [2.05, 4.69) is 10.6 Å². The summed E-state index contributed by atoms with van der Waals surface area (Å²) in [6.45, 7) is 2.01. The third kappa shape index (κ3) is 3.93. The summed E-state index contributed by atoms with van der Waals surface area (Å²) in [5, 5.41) is 6.62. The normalized spacial score (nSPS) is 26.2. The molecule has 0 radical (unpaired) electrons. The molecule has 2 unspecified atom stereocenters. The first kappa shape index (κ1) is 17.1. The van der Waals surface area contributed by atoms with E-state index in [1.165, 1.54) is 12.8 Å². The van der Waals surface area contributed by atoms with Crippen LogP contribution in [0.5, 0.6) is 5.75 Å². The molecule has 5 heteroatoms. The number of halogens is 1. The molecule has 122 valence electrons. The molecule has 22 heavy (non-hydrogen) atoms. The number of ether oxygens (including phenoxy) is 1. The quantitative estimate of drug-likeness (QED) is 0.893. The van der Waals surface area contributed by atoms with Gasteiger partial charge < -0.3 is 15.4 Å². The van der Waals surface area contributed by atoms with Gasteiger partial charge in [-0.25, -0.2) is 0 Å². The van der Waals surface area contributed by atoms with Crippen LogP contribution in [0, 0.1) is 12.8 Å². The van der Waals surface area contributed by atoms with Crippen molar-refractivity contribution in [2.24, 2.45) is 5.92 Å². The second-order valence-electron chi connectivity index (χ2n) is 6.43. The number of benzene rings is 1. The SMILES string of the molecule is COc1cc(C)ccc1NC(=O)CC1CC2CCC(C1)N2.Cl. The zero-order chi connectivity index (χ0) is 14.8. The highest BCUT2D eigenvalue weighted by molar-refractivity contribution is 5.92. The first-order valence-electron chi connectivity index (χ1n) is 7.84. The predicted octanol–water partition coefficient (Wildman–Crippen LogP) is 3.28. The number of piperidine rings is 1. The van der Waals surface area contributed by atoms with E-state index in [-0.39, 0.29) is 18.3 Å². The summed E-state index contributed by atoms with van der Waals surface area (Å²) in [5.41, 5.74) is 1.89. The fourth-order valence-corrected chi connectivity index (χ4v) is 3.71. The van der Waals surface area contributed by atoms with Gasteiger partial charge in [-0.3, -0.25) is 4.79 Å². The molecule has 2 aliphatic heterocycles. The summed E-state index contributed by atoms with van der Waals surface area (Å²) in [4.78, 5) is 12.3. The minimum Gasteiger partial charge on any atom is -0.495 e. The molecular weight excluding hydrogens is 300 g/mol. The van der Waals surface area contributed by atoms with Crippen molar-refractivity contribution in [1.29, 1.82) is 0 Å². The van der Waals surface area contributed by atoms with Gasteiger partial charge in [0.1, 0.15) is 5.75 Å². The average molecular weight is 325 g/mol. The Bertz CT molecular complexity index is 523. The zero-order valence-corrected chi connectivity index (χ0v) is 14.0. The first-order valence-corrected chi connectivity index (χ1v) is 7.84. The highest BCUT2D eigenvalue weighted by Crippen LogP contribution is 2.33. The minimum atomic E-state index is 0. The van der Waals surface area contributed by atoms with Gasteiger partial charge in [0.05, 0.1) is 12.8 Å². The molecule has 0 spiro atoms. The number of anilines is 1. The van der Waals surface area contributed by atoms with Gasteiger partial charge in [0.15, 0.2) is 0 Å². The van der Waals surface area contributed by atoms with Crippen LogP contribution in [0.1, 0.15) is 37.7 Å². The van der Waals surface area contributed by atoms with E-state index in [1.54, 1.807) is 7.11 Å². The van der Waals surface area contributed by atoms with Gasteiger partial charge in [0.25, 0.3) is 0 Å². The highest BCUT2D eigenvalue weighted by atomic mass is 35.5. The molecule has 0 aliphatic carbocycles. The maximum Gasteiger partial charge on any atom is 0.224 e. The summed E-state index contributed by atoms with van der Waals surface area (Å²) in [6, 6.07) is 7.12. The Labute approximate surface area is 138 Å². The van der Waals surface area contributed by atoms with Crippen molar-refractivity contribution in [3.05, 3.63) is 23.8 Å². The van der Waals surface area contributed by atoms with Crippen molar-refractivity contribution < 1.29 is 9.53 Å². The van der Waals surface area contributed by atoms with Crippen LogP contribution < -0.4 is 15.4 Å². The summed E-state index contributed by atoms with van der Waals surface area (Å²) in [5.74, 6) is 1.34. The van der Waals surface area contributed by atoms with Crippen molar-refractivity contribution in [3.8, 4) is 5.75 Å². The number of carbonyl (C=O) groups is 1. The molecule has 2 heterocycles. The fourth-order valence-electron chi connectivity index (χ4n) is 3.71. The van der Waals surface area contributed by atoms with Crippen LogP contribution in [-0.4, -0.2) is 25.1 Å². The van der Waals surface area contributed by atoms with Crippen LogP contribution in [0.4, 0.5) is 5.69 Å². The second kappa shape index (κ2) is 7.34. The lowest BCUT2D eigenvalue weighted by atomic mass is 9.89. The molecule has 0 aromatic heterocycles. The summed E-state index contributed by atoms with van der Waals surface area (Å²) < 4.78 is 5.34. The summed E-state index contributed by atoms with van der Waals surface area (Å²) >= 11 is 0. The molecule has 2 aliphatic rings. The maximum absolute atomic E-state index is 12.3. The average Bonchev–Trinajstić information content (AvgIpc) is 2.80. The number of fused-ring (bicyclic) bond motifs is 2. The third-order valence-corrected chi connectivity index (χ3v) is 4.68. The van der Waals surface area contributed by atoms with E-state index in [1.807, 2.05) is 25.1 Å². The maximum atomic E-state index is 12.3. The molecule has 2 saturated heterocycles. The van der Waals surface area contributed by atoms with Crippen molar-refractivity contribution >= 4 is 24.0 Å². The van der Waals surface area contributed by atoms with Crippen LogP contribution in [-0.2, 0) is 4.79 Å². The first-order chi connectivity index (χ1) is 10.1. The number of amides is 1. The van der Waals surface area contributed by atoms with Gasteiger partial charge in [-0.15, -0.1) is 12.4 Å². The van der Waals surface area contributed by atoms with E-state index < -0.39 is 0 Å². The van der Waals surface area contributed by atoms with Crippen LogP contribution in [0.15, 0.2) is 18.2 Å². The smallest absolute Gasteiger partial charge is 0.224 e. The largest absolute Gasteiger partial charge is 0.495 e. The molecule has 2 fully saturated rings. The molecule has 0 saturated carbocycles. The van der Waals surface area contributed by atoms with E-state index in [0.29, 0.717) is 24.4 Å². The Balaban J connectivity index is 0.00000176. The molecule has 3 rings (SSSR count). The summed E-state index contributed by atoms with van der Waals surface area (Å²) in [7, 11) is 1.63. The number of aryl methyl sites for hydroxylation is 1. The Morgan fingerprint density at radius 1 is 1.32 bits per heavy atom. The van der Waals surface area contributed by atoms with Crippen molar-refractivity contribution in [1.82, 2.24) is 5.32 Å². The zero-order valence-electron chi connectivity index (χ0n) is 13.2. The van der Waals surface area contributed by atoms with Crippen molar-refractivity contribution in [3.63, 3.8) is 0 Å². The van der Waals surface area contributed by atoms with Gasteiger partial charge in [-0.05, 0) is 56.2 Å². The van der Waals surface area contributed by atoms with E-state index in [9.17, 15) is 4.79 Å². The lowest BCUT2D eigenvalue weighted by Crippen LogP contribution is -2.39. The summed E-state index contributed by atoms with van der Waals surface area (Å²) in [6.07, 6.45) is 5.43. The van der Waals surface area contributed by atoms with E-state index in [4.69, 9.17) is 4.74 Å². The van der Waals surface area contributed by atoms with Crippen molar-refractivity contribution in [2.75, 3.05) is 12.4 Å². The standard InChI is InChI=1S/C17H24N2O2.ClH/c1-11-3-6-15(16(7-11)21-2)19-17(20)10-12-8-13-4-5-14(9-12)18-13;/h3,6-7,12-14,18H,4-5,8-10H2,1-2H3,(H,19,20);1H. The number of hydrogen-bond donors (Lipinski definition) is 2. The topological polar surface area (TPSA) is 50.4 Å². The molecule has 1 amide bonds. The Morgan fingerprint density at radius 3 is 2.64 bits per heavy atom. The Hall–Kier alpha value is -1.26. The lowest BCUT2D eigenvalue weighted by molar-refractivity contribution is -0.117. The third-order valence-electron chi connectivity index (χ3n) is 4.68. The van der Waals surface area contributed by atoms with Gasteiger partial charge in [-0.1, -0.05) is 6.07 Å². The van der Waals surface area contributed by atoms with Gasteiger partial charge in [0.2, 0.25) is 5.91 Å². The van der Waals surface area contributed by atoms with Gasteiger partial charge >= 0.3 is 0 Å². The highest BCUT2D eigenvalue weighted by Gasteiger charge is 2.34. The van der Waals surface area contributed by atoms with Gasteiger partial charge in [0, 0.05) is 18.5 Å². The molecule has 2 N–H and O–H groups in total. The van der Waals surface area contributed by atoms with Gasteiger partial charge in [-0.2, -0.15) is 0 Å². The Morgan fingerprint density at radius 2 is 2.00 bits per heavy atom. The Kier molecular flexibility index (Phi) is 5.70. The van der Waals surface area contributed by atoms with Crippen LogP contribution >= 0.6 is 12.4 Å².